The van der Waals surface area contributed by atoms with Gasteiger partial charge in [-0.2, -0.15) is 9.57 Å². The van der Waals surface area contributed by atoms with Crippen LogP contribution < -0.4 is 10.5 Å². The molecule has 114 valence electrons. The zero-order chi connectivity index (χ0) is 15.7. The Morgan fingerprint density at radius 2 is 2.24 bits per heavy atom. The molecule has 0 spiro atoms. The van der Waals surface area contributed by atoms with Crippen LogP contribution in [0.3, 0.4) is 0 Å². The molecular formula is C14H19N3O3S. The van der Waals surface area contributed by atoms with Crippen LogP contribution >= 0.6 is 0 Å². The van der Waals surface area contributed by atoms with Crippen molar-refractivity contribution in [3.05, 3.63) is 23.8 Å². The van der Waals surface area contributed by atoms with Gasteiger partial charge in [-0.25, -0.2) is 8.42 Å². The monoisotopic (exact) mass is 309 g/mol. The molecule has 0 bridgehead atoms. The van der Waals surface area contributed by atoms with Crippen LogP contribution in [0.1, 0.15) is 18.9 Å². The lowest BCUT2D eigenvalue weighted by Gasteiger charge is -2.23. The second kappa shape index (κ2) is 5.64. The van der Waals surface area contributed by atoms with Crippen LogP contribution in [0.25, 0.3) is 0 Å². The quantitative estimate of drug-likeness (QED) is 0.892. The van der Waals surface area contributed by atoms with Crippen molar-refractivity contribution in [1.82, 2.24) is 4.31 Å². The summed E-state index contributed by atoms with van der Waals surface area (Å²) >= 11 is 0. The molecule has 1 aromatic rings. The van der Waals surface area contributed by atoms with Crippen LogP contribution in [-0.2, 0) is 10.0 Å². The fraction of sp³-hybridized carbons (Fsp3) is 0.500. The number of hydrogen-bond acceptors (Lipinski definition) is 5. The predicted octanol–water partition coefficient (Wildman–Crippen LogP) is 0.926. The summed E-state index contributed by atoms with van der Waals surface area (Å²) in [6, 6.07) is 6.30. The van der Waals surface area contributed by atoms with E-state index >= 15 is 0 Å². The minimum atomic E-state index is -3.64. The number of rotatable bonds is 4. The summed E-state index contributed by atoms with van der Waals surface area (Å²) in [5, 5.41) is 8.88. The second-order valence-corrected chi connectivity index (χ2v) is 7.49. The lowest BCUT2D eigenvalue weighted by molar-refractivity contribution is 0.348. The Labute approximate surface area is 125 Å². The van der Waals surface area contributed by atoms with Crippen LogP contribution in [0, 0.1) is 16.7 Å². The number of nitriles is 1. The third kappa shape index (κ3) is 2.88. The first-order chi connectivity index (χ1) is 9.86. The zero-order valence-electron chi connectivity index (χ0n) is 12.2. The maximum absolute atomic E-state index is 12.7. The van der Waals surface area contributed by atoms with E-state index in [1.165, 1.54) is 29.6 Å². The van der Waals surface area contributed by atoms with Gasteiger partial charge >= 0.3 is 0 Å². The fourth-order valence-electron chi connectivity index (χ4n) is 2.44. The van der Waals surface area contributed by atoms with Crippen LogP contribution in [0.5, 0.6) is 5.75 Å². The third-order valence-electron chi connectivity index (χ3n) is 3.93. The first-order valence-corrected chi connectivity index (χ1v) is 8.09. The van der Waals surface area contributed by atoms with E-state index in [1.54, 1.807) is 0 Å². The van der Waals surface area contributed by atoms with Crippen LogP contribution in [0.4, 0.5) is 0 Å². The molecule has 0 aromatic heterocycles. The van der Waals surface area contributed by atoms with E-state index in [-0.39, 0.29) is 16.1 Å². The molecule has 6 nitrogen and oxygen atoms in total. The van der Waals surface area contributed by atoms with Crippen molar-refractivity contribution in [3.63, 3.8) is 0 Å². The van der Waals surface area contributed by atoms with Crippen molar-refractivity contribution < 1.29 is 13.2 Å². The number of nitrogens with two attached hydrogens (primary N) is 1. The Kier molecular flexibility index (Phi) is 4.23. The molecule has 1 unspecified atom stereocenters. The highest BCUT2D eigenvalue weighted by atomic mass is 32.2. The summed E-state index contributed by atoms with van der Waals surface area (Å²) in [7, 11) is -2.25. The summed E-state index contributed by atoms with van der Waals surface area (Å²) in [6.07, 6.45) is 0.737. The van der Waals surface area contributed by atoms with Gasteiger partial charge in [-0.15, -0.1) is 0 Å². The lowest BCUT2D eigenvalue weighted by Crippen LogP contribution is -2.34. The van der Waals surface area contributed by atoms with Gasteiger partial charge in [-0.3, -0.25) is 0 Å². The first kappa shape index (κ1) is 15.8. The van der Waals surface area contributed by atoms with Gasteiger partial charge in [0, 0.05) is 13.1 Å². The van der Waals surface area contributed by atoms with Crippen LogP contribution in [0.2, 0.25) is 0 Å². The molecule has 0 amide bonds. The topological polar surface area (TPSA) is 96.4 Å². The van der Waals surface area contributed by atoms with E-state index in [1.807, 2.05) is 13.0 Å². The van der Waals surface area contributed by atoms with Crippen LogP contribution in [-0.4, -0.2) is 39.5 Å². The highest BCUT2D eigenvalue weighted by Gasteiger charge is 2.39. The lowest BCUT2D eigenvalue weighted by atomic mass is 9.90. The Morgan fingerprint density at radius 3 is 2.76 bits per heavy atom. The molecular weight excluding hydrogens is 290 g/mol. The molecule has 1 atom stereocenters. The molecule has 21 heavy (non-hydrogen) atoms. The predicted molar refractivity (Wildman–Crippen MR) is 78.2 cm³/mol. The minimum Gasteiger partial charge on any atom is -0.495 e. The first-order valence-electron chi connectivity index (χ1n) is 6.65. The van der Waals surface area contributed by atoms with E-state index < -0.39 is 10.0 Å². The number of ether oxygens (including phenoxy) is 1. The molecule has 0 aliphatic carbocycles. The SMILES string of the molecule is COc1cc(C#N)ccc1S(=O)(=O)N1CCC(C)(CN)C1. The molecule has 1 fully saturated rings. The summed E-state index contributed by atoms with van der Waals surface area (Å²) in [5.41, 5.74) is 5.90. The minimum absolute atomic E-state index is 0.0882. The van der Waals surface area contributed by atoms with Gasteiger partial charge in [0.1, 0.15) is 10.6 Å². The van der Waals surface area contributed by atoms with Crippen molar-refractivity contribution in [2.24, 2.45) is 11.1 Å². The molecule has 1 aromatic carbocycles. The molecule has 1 heterocycles. The molecule has 2 N–H and O–H groups in total. The van der Waals surface area contributed by atoms with E-state index in [2.05, 4.69) is 0 Å². The molecule has 0 radical (unpaired) electrons. The second-order valence-electron chi connectivity index (χ2n) is 5.58. The average molecular weight is 309 g/mol. The Hall–Kier alpha value is -1.62. The maximum Gasteiger partial charge on any atom is 0.246 e. The van der Waals surface area contributed by atoms with Gasteiger partial charge in [0.2, 0.25) is 10.0 Å². The Morgan fingerprint density at radius 1 is 1.52 bits per heavy atom. The van der Waals surface area contributed by atoms with Gasteiger partial charge in [-0.1, -0.05) is 6.92 Å². The van der Waals surface area contributed by atoms with E-state index in [0.717, 1.165) is 6.42 Å². The molecule has 0 saturated carbocycles. The molecule has 1 aliphatic heterocycles. The zero-order valence-corrected chi connectivity index (χ0v) is 13.0. The van der Waals surface area contributed by atoms with Crippen molar-refractivity contribution >= 4 is 10.0 Å². The van der Waals surface area contributed by atoms with Crippen molar-refractivity contribution in [2.45, 2.75) is 18.2 Å². The number of sulfonamides is 1. The van der Waals surface area contributed by atoms with E-state index in [4.69, 9.17) is 15.7 Å². The van der Waals surface area contributed by atoms with Gasteiger partial charge in [-0.05, 0) is 36.6 Å². The fourth-order valence-corrected chi connectivity index (χ4v) is 4.17. The van der Waals surface area contributed by atoms with Crippen molar-refractivity contribution in [3.8, 4) is 11.8 Å². The van der Waals surface area contributed by atoms with Gasteiger partial charge in [0.05, 0.1) is 18.7 Å². The van der Waals surface area contributed by atoms with E-state index in [9.17, 15) is 8.42 Å². The summed E-state index contributed by atoms with van der Waals surface area (Å²) < 4.78 is 32.0. The third-order valence-corrected chi connectivity index (χ3v) is 5.81. The number of benzene rings is 1. The Balaban J connectivity index is 2.40. The smallest absolute Gasteiger partial charge is 0.246 e. The summed E-state index contributed by atoms with van der Waals surface area (Å²) in [5.74, 6) is 0.190. The molecule has 2 rings (SSSR count). The number of nitrogens with zero attached hydrogens (tertiary/aromatic N) is 2. The van der Waals surface area contributed by atoms with Gasteiger partial charge < -0.3 is 10.5 Å². The summed E-state index contributed by atoms with van der Waals surface area (Å²) in [6.45, 7) is 3.27. The molecule has 1 aliphatic rings. The maximum atomic E-state index is 12.7. The van der Waals surface area contributed by atoms with E-state index in [0.29, 0.717) is 25.2 Å². The largest absolute Gasteiger partial charge is 0.495 e. The molecule has 7 heteroatoms. The molecule has 1 saturated heterocycles. The van der Waals surface area contributed by atoms with Gasteiger partial charge in [0.15, 0.2) is 0 Å². The van der Waals surface area contributed by atoms with Crippen molar-refractivity contribution in [2.75, 3.05) is 26.7 Å². The summed E-state index contributed by atoms with van der Waals surface area (Å²) in [4.78, 5) is 0.0882. The number of hydrogen-bond donors (Lipinski definition) is 1. The highest BCUT2D eigenvalue weighted by molar-refractivity contribution is 7.89. The van der Waals surface area contributed by atoms with Gasteiger partial charge in [0.25, 0.3) is 0 Å². The van der Waals surface area contributed by atoms with Crippen molar-refractivity contribution in [1.29, 1.82) is 5.26 Å². The Bertz CT molecular complexity index is 681. The average Bonchev–Trinajstić information content (AvgIpc) is 2.90. The normalized spacial score (nSPS) is 23.0. The highest BCUT2D eigenvalue weighted by Crippen LogP contribution is 2.35. The number of methoxy groups -OCH3 is 1. The van der Waals surface area contributed by atoms with Crippen LogP contribution in [0.15, 0.2) is 23.1 Å². The standard InChI is InChI=1S/C14H19N3O3S/c1-14(9-16)5-6-17(10-14)21(18,19)13-4-3-11(8-15)7-12(13)20-2/h3-4,7H,5-6,9-10,16H2,1-2H3.